The summed E-state index contributed by atoms with van der Waals surface area (Å²) in [6.07, 6.45) is 3.37. The lowest BCUT2D eigenvalue weighted by Crippen LogP contribution is -2.36. The number of carbonyl (C=O) groups is 1. The highest BCUT2D eigenvalue weighted by Gasteiger charge is 2.22. The Morgan fingerprint density at radius 2 is 2.29 bits per heavy atom. The highest BCUT2D eigenvalue weighted by atomic mass is 35.5. The zero-order chi connectivity index (χ0) is 17.1. The number of pyridine rings is 1. The maximum Gasteiger partial charge on any atom is 0.217 e. The molecular formula is C18H19ClN4O. The number of fused-ring (bicyclic) bond motifs is 1. The van der Waals surface area contributed by atoms with Gasteiger partial charge in [0.2, 0.25) is 5.91 Å². The molecule has 24 heavy (non-hydrogen) atoms. The van der Waals surface area contributed by atoms with E-state index in [9.17, 15) is 10.1 Å². The molecule has 5 nitrogen and oxygen atoms in total. The minimum Gasteiger partial charge on any atom is -0.370 e. The van der Waals surface area contributed by atoms with Crippen LogP contribution in [0, 0.1) is 17.2 Å². The quantitative estimate of drug-likeness (QED) is 0.924. The van der Waals surface area contributed by atoms with Crippen LogP contribution in [0.3, 0.4) is 0 Å². The van der Waals surface area contributed by atoms with Gasteiger partial charge in [0.25, 0.3) is 0 Å². The molecule has 1 aromatic carbocycles. The van der Waals surface area contributed by atoms with Crippen molar-refractivity contribution in [3.63, 3.8) is 0 Å². The first kappa shape index (κ1) is 16.5. The van der Waals surface area contributed by atoms with Gasteiger partial charge in [-0.1, -0.05) is 11.6 Å². The van der Waals surface area contributed by atoms with Gasteiger partial charge in [-0.15, -0.1) is 0 Å². The second-order valence-electron chi connectivity index (χ2n) is 6.26. The van der Waals surface area contributed by atoms with E-state index in [1.165, 1.54) is 0 Å². The van der Waals surface area contributed by atoms with Gasteiger partial charge in [-0.25, -0.2) is 4.98 Å². The van der Waals surface area contributed by atoms with Crippen LogP contribution in [-0.2, 0) is 4.79 Å². The van der Waals surface area contributed by atoms with Crippen molar-refractivity contribution in [1.82, 2.24) is 4.98 Å². The van der Waals surface area contributed by atoms with Gasteiger partial charge in [0.15, 0.2) is 0 Å². The summed E-state index contributed by atoms with van der Waals surface area (Å²) in [4.78, 5) is 17.9. The van der Waals surface area contributed by atoms with Crippen LogP contribution < -0.4 is 10.6 Å². The molecule has 0 bridgehead atoms. The van der Waals surface area contributed by atoms with E-state index in [1.54, 1.807) is 12.1 Å². The van der Waals surface area contributed by atoms with E-state index in [0.29, 0.717) is 22.9 Å². The van der Waals surface area contributed by atoms with Crippen LogP contribution in [0.15, 0.2) is 24.3 Å². The molecule has 1 fully saturated rings. The largest absolute Gasteiger partial charge is 0.370 e. The minimum atomic E-state index is -0.250. The summed E-state index contributed by atoms with van der Waals surface area (Å²) >= 11 is 6.03. The number of piperidine rings is 1. The van der Waals surface area contributed by atoms with Crippen molar-refractivity contribution >= 4 is 34.2 Å². The third-order valence-electron chi connectivity index (χ3n) is 4.52. The number of rotatable bonds is 4. The van der Waals surface area contributed by atoms with E-state index in [0.717, 1.165) is 49.1 Å². The maximum absolute atomic E-state index is 11.0. The fourth-order valence-electron chi connectivity index (χ4n) is 3.29. The van der Waals surface area contributed by atoms with Crippen LogP contribution in [0.2, 0.25) is 5.02 Å². The van der Waals surface area contributed by atoms with Crippen LogP contribution in [0.5, 0.6) is 0 Å². The highest BCUT2D eigenvalue weighted by Crippen LogP contribution is 2.29. The molecule has 124 valence electrons. The van der Waals surface area contributed by atoms with Crippen molar-refractivity contribution in [2.24, 2.45) is 11.7 Å². The molecule has 1 atom stereocenters. The third-order valence-corrected chi connectivity index (χ3v) is 4.75. The second kappa shape index (κ2) is 7.06. The van der Waals surface area contributed by atoms with Crippen LogP contribution in [-0.4, -0.2) is 24.0 Å². The molecule has 6 heteroatoms. The molecule has 1 aliphatic heterocycles. The molecule has 0 saturated carbocycles. The first-order valence-corrected chi connectivity index (χ1v) is 8.48. The SMILES string of the molecule is N#Cc1cc(N2CCC[C@H](CCC(N)=O)C2)nc2ccc(Cl)cc12. The first-order chi connectivity index (χ1) is 11.6. The van der Waals surface area contributed by atoms with Gasteiger partial charge in [-0.3, -0.25) is 4.79 Å². The predicted octanol–water partition coefficient (Wildman–Crippen LogP) is 3.24. The molecule has 1 saturated heterocycles. The summed E-state index contributed by atoms with van der Waals surface area (Å²) in [5.41, 5.74) is 6.61. The molecule has 2 N–H and O–H groups in total. The smallest absolute Gasteiger partial charge is 0.217 e. The number of benzene rings is 1. The van der Waals surface area contributed by atoms with Gasteiger partial charge < -0.3 is 10.6 Å². The van der Waals surface area contributed by atoms with Crippen molar-refractivity contribution < 1.29 is 4.79 Å². The Balaban J connectivity index is 1.87. The molecule has 2 aromatic rings. The van der Waals surface area contributed by atoms with Crippen molar-refractivity contribution in [2.75, 3.05) is 18.0 Å². The van der Waals surface area contributed by atoms with Crippen LogP contribution in [0.25, 0.3) is 10.9 Å². The molecule has 1 amide bonds. The van der Waals surface area contributed by atoms with E-state index in [-0.39, 0.29) is 5.91 Å². The van der Waals surface area contributed by atoms with Crippen molar-refractivity contribution in [2.45, 2.75) is 25.7 Å². The van der Waals surface area contributed by atoms with Crippen molar-refractivity contribution in [3.8, 4) is 6.07 Å². The Morgan fingerprint density at radius 3 is 3.04 bits per heavy atom. The van der Waals surface area contributed by atoms with Gasteiger partial charge in [0, 0.05) is 29.9 Å². The zero-order valence-corrected chi connectivity index (χ0v) is 14.1. The number of hydrogen-bond acceptors (Lipinski definition) is 4. The van der Waals surface area contributed by atoms with Crippen LogP contribution in [0.4, 0.5) is 5.82 Å². The van der Waals surface area contributed by atoms with Crippen LogP contribution >= 0.6 is 11.6 Å². The average Bonchev–Trinajstić information content (AvgIpc) is 2.59. The lowest BCUT2D eigenvalue weighted by molar-refractivity contribution is -0.118. The Labute approximate surface area is 146 Å². The number of carbonyl (C=O) groups excluding carboxylic acids is 1. The molecule has 2 heterocycles. The fraction of sp³-hybridized carbons (Fsp3) is 0.389. The van der Waals surface area contributed by atoms with E-state index >= 15 is 0 Å². The topological polar surface area (TPSA) is 83.0 Å². The Hall–Kier alpha value is -2.32. The minimum absolute atomic E-state index is 0.250. The molecule has 3 rings (SSSR count). The lowest BCUT2D eigenvalue weighted by Gasteiger charge is -2.33. The Bertz CT molecular complexity index is 815. The number of amides is 1. The summed E-state index contributed by atoms with van der Waals surface area (Å²) in [6.45, 7) is 1.74. The molecule has 1 aromatic heterocycles. The first-order valence-electron chi connectivity index (χ1n) is 8.10. The predicted molar refractivity (Wildman–Crippen MR) is 94.8 cm³/mol. The van der Waals surface area contributed by atoms with Gasteiger partial charge >= 0.3 is 0 Å². The summed E-state index contributed by atoms with van der Waals surface area (Å²) in [7, 11) is 0. The van der Waals surface area contributed by atoms with Crippen LogP contribution in [0.1, 0.15) is 31.2 Å². The number of hydrogen-bond donors (Lipinski definition) is 1. The summed E-state index contributed by atoms with van der Waals surface area (Å²) in [5.74, 6) is 0.990. The summed E-state index contributed by atoms with van der Waals surface area (Å²) in [5, 5.41) is 10.8. The van der Waals surface area contributed by atoms with Gasteiger partial charge in [0.1, 0.15) is 5.82 Å². The fourth-order valence-corrected chi connectivity index (χ4v) is 3.47. The summed E-state index contributed by atoms with van der Waals surface area (Å²) < 4.78 is 0. The molecule has 1 aliphatic rings. The number of aromatic nitrogens is 1. The van der Waals surface area contributed by atoms with Gasteiger partial charge in [0.05, 0.1) is 17.1 Å². The number of halogens is 1. The average molecular weight is 343 g/mol. The molecule has 0 unspecified atom stereocenters. The standard InChI is InChI=1S/C18H19ClN4O/c19-14-4-5-16-15(9-14)13(10-20)8-18(22-16)23-7-1-2-12(11-23)3-6-17(21)24/h4-5,8-9,12H,1-3,6-7,11H2,(H2,21,24)/t12-/m1/s1. The maximum atomic E-state index is 11.0. The van der Waals surface area contributed by atoms with E-state index in [2.05, 4.69) is 11.0 Å². The molecule has 0 aliphatic carbocycles. The summed E-state index contributed by atoms with van der Waals surface area (Å²) in [6, 6.07) is 9.48. The normalized spacial score (nSPS) is 17.7. The lowest BCUT2D eigenvalue weighted by atomic mass is 9.93. The number of nitrogens with zero attached hydrogens (tertiary/aromatic N) is 3. The second-order valence-corrected chi connectivity index (χ2v) is 6.70. The Morgan fingerprint density at radius 1 is 1.46 bits per heavy atom. The number of anilines is 1. The number of nitriles is 1. The van der Waals surface area contributed by atoms with Crippen molar-refractivity contribution in [3.05, 3.63) is 34.9 Å². The van der Waals surface area contributed by atoms with Crippen molar-refractivity contribution in [1.29, 1.82) is 5.26 Å². The highest BCUT2D eigenvalue weighted by molar-refractivity contribution is 6.31. The molecular weight excluding hydrogens is 324 g/mol. The Kier molecular flexibility index (Phi) is 4.86. The van der Waals surface area contributed by atoms with E-state index < -0.39 is 0 Å². The van der Waals surface area contributed by atoms with E-state index in [4.69, 9.17) is 22.3 Å². The van der Waals surface area contributed by atoms with Gasteiger partial charge in [-0.2, -0.15) is 5.26 Å². The zero-order valence-electron chi connectivity index (χ0n) is 13.3. The molecule has 0 radical (unpaired) electrons. The number of primary amides is 1. The number of nitrogens with two attached hydrogens (primary N) is 1. The molecule has 0 spiro atoms. The van der Waals surface area contributed by atoms with E-state index in [1.807, 2.05) is 12.1 Å². The monoisotopic (exact) mass is 342 g/mol. The third kappa shape index (κ3) is 3.60. The van der Waals surface area contributed by atoms with Gasteiger partial charge in [-0.05, 0) is 49.4 Å².